The van der Waals surface area contributed by atoms with Crippen molar-refractivity contribution in [2.45, 2.75) is 26.3 Å². The molecular formula is C13H20N2O3S. The highest BCUT2D eigenvalue weighted by Gasteiger charge is 2.26. The minimum atomic E-state index is -3.43. The fraction of sp³-hybridized carbons (Fsp3) is 0.538. The lowest BCUT2D eigenvalue weighted by Gasteiger charge is -2.29. The van der Waals surface area contributed by atoms with Gasteiger partial charge in [-0.1, -0.05) is 19.1 Å². The van der Waals surface area contributed by atoms with Gasteiger partial charge in [-0.2, -0.15) is 17.4 Å². The fourth-order valence-corrected chi connectivity index (χ4v) is 3.65. The highest BCUT2D eigenvalue weighted by atomic mass is 32.2. The third-order valence-corrected chi connectivity index (χ3v) is 4.85. The van der Waals surface area contributed by atoms with Crippen molar-refractivity contribution in [3.63, 3.8) is 0 Å². The molecule has 0 aliphatic carbocycles. The van der Waals surface area contributed by atoms with Gasteiger partial charge in [-0.25, -0.2) is 0 Å². The molecule has 106 valence electrons. The summed E-state index contributed by atoms with van der Waals surface area (Å²) in [5.41, 5.74) is 0.744. The smallest absolute Gasteiger partial charge is 0.279 e. The first-order valence-corrected chi connectivity index (χ1v) is 7.94. The summed E-state index contributed by atoms with van der Waals surface area (Å²) in [4.78, 5) is 0. The van der Waals surface area contributed by atoms with Crippen molar-refractivity contribution in [3.05, 3.63) is 29.8 Å². The maximum Gasteiger partial charge on any atom is 0.279 e. The predicted molar refractivity (Wildman–Crippen MR) is 73.8 cm³/mol. The zero-order valence-electron chi connectivity index (χ0n) is 11.0. The molecule has 1 aromatic rings. The highest BCUT2D eigenvalue weighted by molar-refractivity contribution is 7.87. The summed E-state index contributed by atoms with van der Waals surface area (Å²) < 4.78 is 28.4. The number of piperidine rings is 1. The van der Waals surface area contributed by atoms with E-state index >= 15 is 0 Å². The third kappa shape index (κ3) is 3.92. The van der Waals surface area contributed by atoms with Crippen molar-refractivity contribution in [2.24, 2.45) is 5.92 Å². The molecule has 0 radical (unpaired) electrons. The molecule has 0 spiro atoms. The molecule has 0 aromatic heterocycles. The van der Waals surface area contributed by atoms with Crippen LogP contribution < -0.4 is 4.72 Å². The molecular weight excluding hydrogens is 264 g/mol. The molecule has 1 aliphatic heterocycles. The van der Waals surface area contributed by atoms with Crippen LogP contribution >= 0.6 is 0 Å². The van der Waals surface area contributed by atoms with E-state index in [1.54, 1.807) is 24.3 Å². The molecule has 5 nitrogen and oxygen atoms in total. The molecule has 1 heterocycles. The van der Waals surface area contributed by atoms with Crippen LogP contribution in [0.1, 0.15) is 25.3 Å². The Kier molecular flexibility index (Phi) is 4.44. The Morgan fingerprint density at radius 1 is 1.47 bits per heavy atom. The minimum absolute atomic E-state index is 0.142. The van der Waals surface area contributed by atoms with Crippen LogP contribution in [0.3, 0.4) is 0 Å². The van der Waals surface area contributed by atoms with E-state index in [1.807, 2.05) is 0 Å². The molecule has 1 atom stereocenters. The molecule has 0 amide bonds. The molecule has 1 aliphatic rings. The van der Waals surface area contributed by atoms with E-state index < -0.39 is 10.2 Å². The number of rotatable bonds is 4. The van der Waals surface area contributed by atoms with Crippen molar-refractivity contribution in [2.75, 3.05) is 13.1 Å². The van der Waals surface area contributed by atoms with Crippen LogP contribution in [0.15, 0.2) is 24.3 Å². The second-order valence-electron chi connectivity index (χ2n) is 5.10. The van der Waals surface area contributed by atoms with Crippen LogP contribution in [-0.2, 0) is 16.8 Å². The van der Waals surface area contributed by atoms with Gasteiger partial charge in [-0.15, -0.1) is 0 Å². The largest absolute Gasteiger partial charge is 0.508 e. The molecule has 6 heteroatoms. The number of benzene rings is 1. The summed E-state index contributed by atoms with van der Waals surface area (Å²) in [6.45, 7) is 3.42. The van der Waals surface area contributed by atoms with Gasteiger partial charge in [0.15, 0.2) is 0 Å². The van der Waals surface area contributed by atoms with Crippen LogP contribution in [0, 0.1) is 5.92 Å². The average Bonchev–Trinajstić information content (AvgIpc) is 2.37. The first kappa shape index (κ1) is 14.3. The summed E-state index contributed by atoms with van der Waals surface area (Å²) in [6, 6.07) is 6.59. The predicted octanol–water partition coefficient (Wildman–Crippen LogP) is 1.46. The monoisotopic (exact) mass is 284 g/mol. The van der Waals surface area contributed by atoms with Crippen LogP contribution in [0.2, 0.25) is 0 Å². The number of phenolic OH excluding ortho intramolecular Hbond substituents is 1. The van der Waals surface area contributed by atoms with E-state index in [0.29, 0.717) is 19.0 Å². The number of hydrogen-bond donors (Lipinski definition) is 2. The van der Waals surface area contributed by atoms with Crippen LogP contribution in [0.5, 0.6) is 5.75 Å². The maximum atomic E-state index is 12.1. The van der Waals surface area contributed by atoms with E-state index in [0.717, 1.165) is 18.4 Å². The van der Waals surface area contributed by atoms with E-state index in [2.05, 4.69) is 11.6 Å². The molecule has 1 unspecified atom stereocenters. The summed E-state index contributed by atoms with van der Waals surface area (Å²) >= 11 is 0. The van der Waals surface area contributed by atoms with Gasteiger partial charge in [0, 0.05) is 19.6 Å². The van der Waals surface area contributed by atoms with E-state index in [-0.39, 0.29) is 12.3 Å². The zero-order valence-corrected chi connectivity index (χ0v) is 11.9. The topological polar surface area (TPSA) is 69.6 Å². The maximum absolute atomic E-state index is 12.1. The second-order valence-corrected chi connectivity index (χ2v) is 6.86. The Hall–Kier alpha value is -1.11. The Morgan fingerprint density at radius 2 is 2.26 bits per heavy atom. The standard InChI is InChI=1S/C13H20N2O3S/c1-11-4-3-7-15(10-11)19(17,18)14-9-12-5-2-6-13(16)8-12/h2,5-6,8,11,14,16H,3-4,7,9-10H2,1H3. The van der Waals surface area contributed by atoms with Gasteiger partial charge >= 0.3 is 0 Å². The highest BCUT2D eigenvalue weighted by Crippen LogP contribution is 2.18. The van der Waals surface area contributed by atoms with Crippen molar-refractivity contribution >= 4 is 10.2 Å². The van der Waals surface area contributed by atoms with Gasteiger partial charge in [0.25, 0.3) is 10.2 Å². The first-order valence-electron chi connectivity index (χ1n) is 6.50. The van der Waals surface area contributed by atoms with Gasteiger partial charge in [-0.05, 0) is 36.5 Å². The molecule has 0 bridgehead atoms. The van der Waals surface area contributed by atoms with Gasteiger partial charge in [0.1, 0.15) is 5.75 Å². The minimum Gasteiger partial charge on any atom is -0.508 e. The first-order chi connectivity index (χ1) is 8.97. The van der Waals surface area contributed by atoms with Crippen molar-refractivity contribution < 1.29 is 13.5 Å². The lowest BCUT2D eigenvalue weighted by atomic mass is 10.0. The fourth-order valence-electron chi connectivity index (χ4n) is 2.30. The molecule has 19 heavy (non-hydrogen) atoms. The molecule has 2 N–H and O–H groups in total. The molecule has 2 rings (SSSR count). The van der Waals surface area contributed by atoms with Gasteiger partial charge in [0.2, 0.25) is 0 Å². The molecule has 1 saturated heterocycles. The van der Waals surface area contributed by atoms with Crippen LogP contribution in [0.25, 0.3) is 0 Å². The van der Waals surface area contributed by atoms with Crippen LogP contribution in [-0.4, -0.2) is 30.9 Å². The Labute approximate surface area is 114 Å². The number of nitrogens with zero attached hydrogens (tertiary/aromatic N) is 1. The second kappa shape index (κ2) is 5.90. The zero-order chi connectivity index (χ0) is 13.9. The Bertz CT molecular complexity index is 530. The third-order valence-electron chi connectivity index (χ3n) is 3.33. The van der Waals surface area contributed by atoms with Gasteiger partial charge in [0.05, 0.1) is 0 Å². The van der Waals surface area contributed by atoms with Crippen molar-refractivity contribution in [1.82, 2.24) is 9.03 Å². The molecule has 1 aromatic carbocycles. The Morgan fingerprint density at radius 3 is 2.95 bits per heavy atom. The molecule has 0 saturated carbocycles. The van der Waals surface area contributed by atoms with E-state index in [4.69, 9.17) is 0 Å². The summed E-state index contributed by atoms with van der Waals surface area (Å²) in [5.74, 6) is 0.550. The van der Waals surface area contributed by atoms with Crippen molar-refractivity contribution in [3.8, 4) is 5.75 Å². The summed E-state index contributed by atoms with van der Waals surface area (Å²) in [5, 5.41) is 9.34. The lowest BCUT2D eigenvalue weighted by Crippen LogP contribution is -2.45. The summed E-state index contributed by atoms with van der Waals surface area (Å²) in [6.07, 6.45) is 1.99. The Balaban J connectivity index is 1.97. The van der Waals surface area contributed by atoms with Gasteiger partial charge in [-0.3, -0.25) is 0 Å². The van der Waals surface area contributed by atoms with E-state index in [9.17, 15) is 13.5 Å². The average molecular weight is 284 g/mol. The summed E-state index contributed by atoms with van der Waals surface area (Å²) in [7, 11) is -3.43. The normalized spacial score (nSPS) is 21.4. The molecule has 1 fully saturated rings. The number of nitrogens with one attached hydrogen (secondary N) is 1. The van der Waals surface area contributed by atoms with Crippen LogP contribution in [0.4, 0.5) is 0 Å². The van der Waals surface area contributed by atoms with E-state index in [1.165, 1.54) is 4.31 Å². The SMILES string of the molecule is CC1CCCN(S(=O)(=O)NCc2cccc(O)c2)C1. The lowest BCUT2D eigenvalue weighted by molar-refractivity contribution is 0.278. The number of aromatic hydroxyl groups is 1. The van der Waals surface area contributed by atoms with Crippen molar-refractivity contribution in [1.29, 1.82) is 0 Å². The van der Waals surface area contributed by atoms with Gasteiger partial charge < -0.3 is 5.11 Å². The number of phenols is 1. The number of hydrogen-bond acceptors (Lipinski definition) is 3. The quantitative estimate of drug-likeness (QED) is 0.879.